The smallest absolute Gasteiger partial charge is 0.335 e. The van der Waals surface area contributed by atoms with Gasteiger partial charge in [0.05, 0.1) is 12.2 Å². The zero-order chi connectivity index (χ0) is 9.68. The minimum absolute atomic E-state index is 0.346. The van der Waals surface area contributed by atoms with Crippen LogP contribution >= 0.6 is 0 Å². The van der Waals surface area contributed by atoms with E-state index in [0.717, 1.165) is 0 Å². The van der Waals surface area contributed by atoms with Crippen molar-refractivity contribution in [2.24, 2.45) is 0 Å². The first kappa shape index (κ1) is 7.16. The quantitative estimate of drug-likeness (QED) is 0.746. The SMILES string of the molecule is [2H]OC(=O)c1ccc(OCC)cc1. The molecule has 3 nitrogen and oxygen atoms in total. The van der Waals surface area contributed by atoms with Crippen molar-refractivity contribution in [3.05, 3.63) is 29.8 Å². The van der Waals surface area contributed by atoms with Gasteiger partial charge in [-0.1, -0.05) is 0 Å². The molecule has 3 heteroatoms. The van der Waals surface area contributed by atoms with E-state index in [0.29, 0.717) is 17.9 Å². The first-order valence-electron chi connectivity index (χ1n) is 4.09. The Morgan fingerprint density at radius 2 is 2.25 bits per heavy atom. The number of ether oxygens (including phenoxy) is 1. The van der Waals surface area contributed by atoms with Crippen molar-refractivity contribution in [3.63, 3.8) is 0 Å². The van der Waals surface area contributed by atoms with Gasteiger partial charge in [-0.3, -0.25) is 0 Å². The topological polar surface area (TPSA) is 46.5 Å². The molecule has 0 aliphatic rings. The van der Waals surface area contributed by atoms with Crippen LogP contribution in [0, 0.1) is 0 Å². The van der Waals surface area contributed by atoms with Gasteiger partial charge in [-0.2, -0.15) is 0 Å². The lowest BCUT2D eigenvalue weighted by molar-refractivity contribution is 0.0697. The Morgan fingerprint density at radius 1 is 1.58 bits per heavy atom. The van der Waals surface area contributed by atoms with Gasteiger partial charge in [0.2, 0.25) is 0 Å². The van der Waals surface area contributed by atoms with E-state index in [2.05, 4.69) is 5.11 Å². The summed E-state index contributed by atoms with van der Waals surface area (Å²) in [6.45, 7) is 2.47. The molecule has 0 radical (unpaired) electrons. The summed E-state index contributed by atoms with van der Waals surface area (Å²) in [4.78, 5) is 10.8. The van der Waals surface area contributed by atoms with Crippen molar-refractivity contribution < 1.29 is 14.6 Å². The maximum absolute atomic E-state index is 10.8. The fraction of sp³-hybridized carbons (Fsp3) is 0.222. The molecule has 0 unspecified atom stereocenters. The predicted octanol–water partition coefficient (Wildman–Crippen LogP) is 1.78. The summed E-state index contributed by atoms with van der Waals surface area (Å²) < 4.78 is 11.6. The molecule has 0 aliphatic heterocycles. The van der Waals surface area contributed by atoms with E-state index >= 15 is 0 Å². The molecule has 0 saturated carbocycles. The van der Waals surface area contributed by atoms with Crippen molar-refractivity contribution in [2.45, 2.75) is 6.92 Å². The summed E-state index contributed by atoms with van der Waals surface area (Å²) in [5, 5.41) is 3.81. The Bertz CT molecular complexity index is 281. The van der Waals surface area contributed by atoms with Crippen molar-refractivity contribution in [1.82, 2.24) is 0 Å². The Kier molecular flexibility index (Phi) is 2.24. The van der Waals surface area contributed by atoms with Crippen LogP contribution < -0.4 is 4.74 Å². The first-order chi connectivity index (χ1) is 6.27. The van der Waals surface area contributed by atoms with E-state index in [4.69, 9.17) is 6.17 Å². The van der Waals surface area contributed by atoms with Gasteiger partial charge in [0, 0.05) is 0 Å². The zero-order valence-corrected chi connectivity index (χ0v) is 6.74. The van der Waals surface area contributed by atoms with Crippen molar-refractivity contribution in [3.8, 4) is 5.75 Å². The van der Waals surface area contributed by atoms with Crippen LogP contribution in [0.15, 0.2) is 24.3 Å². The second-order valence-electron chi connectivity index (χ2n) is 2.24. The Hall–Kier alpha value is -1.51. The second-order valence-corrected chi connectivity index (χ2v) is 2.24. The van der Waals surface area contributed by atoms with E-state index in [1.807, 2.05) is 6.92 Å². The van der Waals surface area contributed by atoms with E-state index in [9.17, 15) is 4.79 Å². The average Bonchev–Trinajstić information content (AvgIpc) is 2.18. The van der Waals surface area contributed by atoms with Gasteiger partial charge in [-0.05, 0) is 31.2 Å². The molecular weight excluding hydrogens is 156 g/mol. The monoisotopic (exact) mass is 167 g/mol. The van der Waals surface area contributed by atoms with Crippen LogP contribution in [0.4, 0.5) is 0 Å². The van der Waals surface area contributed by atoms with Crippen molar-refractivity contribution in [2.75, 3.05) is 6.61 Å². The fourth-order valence-corrected chi connectivity index (χ4v) is 0.854. The number of carbonyl (C=O) groups is 1. The van der Waals surface area contributed by atoms with Gasteiger partial charge in [0.15, 0.2) is 0 Å². The van der Waals surface area contributed by atoms with E-state index in [-0.39, 0.29) is 0 Å². The van der Waals surface area contributed by atoms with Crippen LogP contribution in [0.5, 0.6) is 5.75 Å². The first-order valence-corrected chi connectivity index (χ1v) is 3.68. The predicted molar refractivity (Wildman–Crippen MR) is 44.6 cm³/mol. The molecule has 0 heterocycles. The molecule has 0 aliphatic carbocycles. The van der Waals surface area contributed by atoms with Gasteiger partial charge >= 0.3 is 5.97 Å². The third kappa shape index (κ3) is 1.99. The Balaban J connectivity index is 2.75. The highest BCUT2D eigenvalue weighted by Gasteiger charge is 2.00. The van der Waals surface area contributed by atoms with Crippen LogP contribution in [-0.2, 0) is 0 Å². The third-order valence-electron chi connectivity index (χ3n) is 1.40. The minimum atomic E-state index is -0.664. The summed E-state index contributed by atoms with van der Waals surface area (Å²) >= 11 is 0. The molecule has 0 aromatic heterocycles. The molecule has 1 rings (SSSR count). The van der Waals surface area contributed by atoms with Crippen molar-refractivity contribution >= 4 is 5.97 Å². The molecule has 1 aromatic rings. The molecule has 0 fully saturated rings. The fourth-order valence-electron chi connectivity index (χ4n) is 0.854. The summed E-state index contributed by atoms with van der Waals surface area (Å²) in [6.07, 6.45) is 0. The maximum Gasteiger partial charge on any atom is 0.335 e. The number of rotatable bonds is 3. The minimum Gasteiger partial charge on any atom is -0.494 e. The lowest BCUT2D eigenvalue weighted by Gasteiger charge is -2.01. The van der Waals surface area contributed by atoms with Gasteiger partial charge < -0.3 is 9.85 Å². The summed E-state index contributed by atoms with van der Waals surface area (Å²) in [7, 11) is 0. The largest absolute Gasteiger partial charge is 0.494 e. The second kappa shape index (κ2) is 3.76. The lowest BCUT2D eigenvalue weighted by Crippen LogP contribution is -1.96. The van der Waals surface area contributed by atoms with Gasteiger partial charge in [0.1, 0.15) is 5.75 Å². The molecule has 0 amide bonds. The van der Waals surface area contributed by atoms with Gasteiger partial charge in [-0.15, -0.1) is 0 Å². The van der Waals surface area contributed by atoms with Gasteiger partial charge in [0.25, 0.3) is 1.43 Å². The molecular formula is C9H10O3. The van der Waals surface area contributed by atoms with Crippen LogP contribution in [-0.4, -0.2) is 17.7 Å². The number of hydrogen-bond acceptors (Lipinski definition) is 3. The third-order valence-corrected chi connectivity index (χ3v) is 1.40. The van der Waals surface area contributed by atoms with Crippen LogP contribution in [0.2, 0.25) is 0 Å². The summed E-state index contributed by atoms with van der Waals surface area (Å²) in [6, 6.07) is 6.44. The van der Waals surface area contributed by atoms with Crippen LogP contribution in [0.3, 0.4) is 0 Å². The summed E-state index contributed by atoms with van der Waals surface area (Å²) in [5.74, 6) is 0.0343. The average molecular weight is 167 g/mol. The molecule has 1 aromatic carbocycles. The van der Waals surface area contributed by atoms with Crippen molar-refractivity contribution in [1.29, 1.82) is 1.43 Å². The van der Waals surface area contributed by atoms with Crippen LogP contribution in [0.25, 0.3) is 1.43 Å². The standard InChI is InChI=1S/C9H10O3/c1-2-12-8-5-3-7(4-6-8)9(10)11/h3-6H,2H2,1H3,(H,10,11)/i/hD. The van der Waals surface area contributed by atoms with E-state index in [1.54, 1.807) is 24.3 Å². The molecule has 12 heavy (non-hydrogen) atoms. The zero-order valence-electron chi connectivity index (χ0n) is 7.74. The highest BCUT2D eigenvalue weighted by atomic mass is 16.5. The lowest BCUT2D eigenvalue weighted by atomic mass is 10.2. The van der Waals surface area contributed by atoms with E-state index < -0.39 is 5.97 Å². The highest BCUT2D eigenvalue weighted by Crippen LogP contribution is 2.11. The highest BCUT2D eigenvalue weighted by molar-refractivity contribution is 5.87. The number of carboxylic acid groups (broad SMARTS) is 1. The molecule has 0 spiro atoms. The number of hydrogen-bond donors (Lipinski definition) is 1. The number of aromatic carboxylic acids is 1. The molecule has 1 N–H and O–H groups in total. The Labute approximate surface area is 72.1 Å². The number of benzene rings is 1. The van der Waals surface area contributed by atoms with Gasteiger partial charge in [-0.25, -0.2) is 4.79 Å². The summed E-state index contributed by atoms with van der Waals surface area (Å²) in [5.41, 5.74) is 0.346. The maximum atomic E-state index is 10.8. The molecule has 0 atom stereocenters. The molecule has 64 valence electrons. The normalized spacial score (nSPS) is 10.2. The van der Waals surface area contributed by atoms with E-state index in [1.165, 1.54) is 0 Å². The molecule has 0 saturated heterocycles. The van der Waals surface area contributed by atoms with Crippen LogP contribution in [0.1, 0.15) is 17.3 Å². The number of carboxylic acids is 1. The Morgan fingerprint density at radius 3 is 2.75 bits per heavy atom. The molecule has 0 bridgehead atoms.